The van der Waals surface area contributed by atoms with Gasteiger partial charge in [0.15, 0.2) is 0 Å². The maximum atomic E-state index is 2.59. The van der Waals surface area contributed by atoms with E-state index in [1.807, 2.05) is 0 Å². The van der Waals surface area contributed by atoms with E-state index in [1.165, 1.54) is 269 Å². The lowest BCUT2D eigenvalue weighted by Crippen LogP contribution is -1.96. The van der Waals surface area contributed by atoms with Crippen molar-refractivity contribution in [2.45, 2.75) is 0 Å². The number of benzene rings is 26. The van der Waals surface area contributed by atoms with Gasteiger partial charge < -0.3 is 0 Å². The molecule has 0 aliphatic rings. The predicted octanol–water partition coefficient (Wildman–Crippen LogP) is 26.0. The average molecular weight is 1120 g/mol. The zero-order valence-electron chi connectivity index (χ0n) is 48.1. The molecule has 400 valence electrons. The lowest BCUT2D eigenvalue weighted by Gasteiger charge is -2.24. The molecular formula is C90H40. The van der Waals surface area contributed by atoms with Crippen molar-refractivity contribution in [2.24, 2.45) is 0 Å². The van der Waals surface area contributed by atoms with Gasteiger partial charge in [0.25, 0.3) is 0 Å². The van der Waals surface area contributed by atoms with E-state index >= 15 is 0 Å². The Labute approximate surface area is 508 Å². The van der Waals surface area contributed by atoms with Crippen LogP contribution in [-0.4, -0.2) is 0 Å². The third kappa shape index (κ3) is 4.61. The minimum Gasteiger partial charge on any atom is -0.0610 e. The summed E-state index contributed by atoms with van der Waals surface area (Å²) < 4.78 is 0. The summed E-state index contributed by atoms with van der Waals surface area (Å²) in [6, 6.07) is 96.2. The van der Waals surface area contributed by atoms with E-state index in [1.54, 1.807) is 0 Å². The largest absolute Gasteiger partial charge is 0.0610 e. The highest BCUT2D eigenvalue weighted by Crippen LogP contribution is 2.57. The molecule has 0 unspecified atom stereocenters. The second-order valence-corrected chi connectivity index (χ2v) is 27.1. The van der Waals surface area contributed by atoms with Gasteiger partial charge in [0.2, 0.25) is 0 Å². The Kier molecular flexibility index (Phi) is 6.90. The van der Waals surface area contributed by atoms with E-state index in [4.69, 9.17) is 0 Å². The molecule has 0 radical (unpaired) electrons. The van der Waals surface area contributed by atoms with Crippen LogP contribution in [0.3, 0.4) is 0 Å². The Morgan fingerprint density at radius 2 is 0.278 bits per heavy atom. The van der Waals surface area contributed by atoms with Crippen molar-refractivity contribution >= 4 is 269 Å². The van der Waals surface area contributed by atoms with Gasteiger partial charge in [-0.1, -0.05) is 188 Å². The highest BCUT2D eigenvalue weighted by Gasteiger charge is 2.28. The Morgan fingerprint density at radius 3 is 0.611 bits per heavy atom. The van der Waals surface area contributed by atoms with Crippen molar-refractivity contribution in [2.75, 3.05) is 0 Å². The summed E-state index contributed by atoms with van der Waals surface area (Å²) in [5.74, 6) is 0. The Morgan fingerprint density at radius 1 is 0.0889 bits per heavy atom. The standard InChI is InChI=1S/C90H40/c1-6-41-7-2-15-55-73-40-74-72-39-50-37-70-64-29-22-46-20-27-62-68-35-48-33-66-59-24-17-43-9-4-13-53-52-12-3-8-42-16-23-58(82(76(42)52)83(59)77(43)53)65(66)32-47(48)34-67(68)61-26-19-45-21-28-63(87-79(45)85(61)86(62)80(46)88(64)87)69(70)36-49(50)38-71(72)60-25-18-44-10-5-14-54-57-31-30-56(51(11-1)75(41)55)81(73)89(57)90(74)84(60)78(44)54/h1-40H. The molecule has 0 nitrogen and oxygen atoms in total. The van der Waals surface area contributed by atoms with Crippen LogP contribution in [0.1, 0.15) is 0 Å². The number of hydrogen-bond acceptors (Lipinski definition) is 0. The van der Waals surface area contributed by atoms with E-state index in [9.17, 15) is 0 Å². The molecule has 0 aromatic heterocycles. The van der Waals surface area contributed by atoms with E-state index in [-0.39, 0.29) is 0 Å². The van der Waals surface area contributed by atoms with E-state index in [2.05, 4.69) is 243 Å². The molecule has 0 spiro atoms. The summed E-state index contributed by atoms with van der Waals surface area (Å²) >= 11 is 0. The fourth-order valence-corrected chi connectivity index (χ4v) is 20.0. The zero-order valence-corrected chi connectivity index (χ0v) is 48.1. The van der Waals surface area contributed by atoms with Crippen LogP contribution in [0.5, 0.6) is 0 Å². The lowest BCUT2D eigenvalue weighted by molar-refractivity contribution is 1.81. The van der Waals surface area contributed by atoms with Crippen LogP contribution in [0.4, 0.5) is 0 Å². The van der Waals surface area contributed by atoms with Crippen LogP contribution < -0.4 is 0 Å². The van der Waals surface area contributed by atoms with Gasteiger partial charge in [-0.2, -0.15) is 0 Å². The van der Waals surface area contributed by atoms with Gasteiger partial charge in [0.1, 0.15) is 0 Å². The van der Waals surface area contributed by atoms with Crippen molar-refractivity contribution in [1.29, 1.82) is 0 Å². The van der Waals surface area contributed by atoms with Crippen molar-refractivity contribution in [1.82, 2.24) is 0 Å². The molecule has 0 saturated heterocycles. The zero-order chi connectivity index (χ0) is 57.2. The molecule has 26 aromatic rings. The van der Waals surface area contributed by atoms with Crippen LogP contribution in [-0.2, 0) is 0 Å². The van der Waals surface area contributed by atoms with Gasteiger partial charge in [0.05, 0.1) is 0 Å². The van der Waals surface area contributed by atoms with Crippen molar-refractivity contribution < 1.29 is 0 Å². The topological polar surface area (TPSA) is 0 Å². The first-order chi connectivity index (χ1) is 44.6. The van der Waals surface area contributed by atoms with Gasteiger partial charge in [0, 0.05) is 0 Å². The van der Waals surface area contributed by atoms with Crippen molar-refractivity contribution in [3.63, 3.8) is 0 Å². The monoisotopic (exact) mass is 1120 g/mol. The summed E-state index contributed by atoms with van der Waals surface area (Å²) in [4.78, 5) is 0. The minimum atomic E-state index is 1.28. The van der Waals surface area contributed by atoms with Gasteiger partial charge in [-0.3, -0.25) is 0 Å². The molecule has 90 heavy (non-hydrogen) atoms. The number of hydrogen-bond donors (Lipinski definition) is 0. The quantitative estimate of drug-likeness (QED) is 0.105. The van der Waals surface area contributed by atoms with Crippen LogP contribution in [0, 0.1) is 0 Å². The first kappa shape index (κ1) is 43.8. The fraction of sp³-hybridized carbons (Fsp3) is 0. The summed E-state index contributed by atoms with van der Waals surface area (Å²) in [7, 11) is 0. The average Bonchev–Trinajstić information content (AvgIpc) is 0.686. The second kappa shape index (κ2) is 14.2. The third-order valence-corrected chi connectivity index (χ3v) is 23.4. The highest BCUT2D eigenvalue weighted by molar-refractivity contribution is 6.54. The molecule has 0 N–H and O–H groups in total. The molecule has 0 heterocycles. The van der Waals surface area contributed by atoms with Crippen LogP contribution in [0.25, 0.3) is 269 Å². The summed E-state index contributed by atoms with van der Waals surface area (Å²) in [6.07, 6.45) is 0. The molecule has 0 bridgehead atoms. The van der Waals surface area contributed by atoms with Crippen LogP contribution in [0.2, 0.25) is 0 Å². The van der Waals surface area contributed by atoms with Gasteiger partial charge >= 0.3 is 0 Å². The Hall–Kier alpha value is -11.7. The first-order valence-electron chi connectivity index (χ1n) is 32.0. The predicted molar refractivity (Wildman–Crippen MR) is 394 cm³/mol. The lowest BCUT2D eigenvalue weighted by atomic mass is 9.78. The second-order valence-electron chi connectivity index (χ2n) is 27.1. The molecular weight excluding hydrogens is 1080 g/mol. The molecule has 0 fully saturated rings. The highest BCUT2D eigenvalue weighted by atomic mass is 14.3. The normalized spacial score (nSPS) is 13.6. The van der Waals surface area contributed by atoms with Crippen LogP contribution in [0.15, 0.2) is 243 Å². The molecule has 0 saturated carbocycles. The molecule has 0 amide bonds. The maximum absolute atomic E-state index is 2.59. The Bertz CT molecular complexity index is 7910. The SMILES string of the molecule is c1cc2cccc3c4cc5c6cc7cc8c(cc7cc6c6ccc7cccc9c%10ccc(c(c1)c23)c4c%10c5c6c79)c1ccc2ccc3c4cc5cc6c(cc5cc4c4ccc5ccc8c7c5c4c3c2c17)c1ccc2cccc3c4cccc5ccc6c(c54)c1c23. The number of rotatable bonds is 0. The van der Waals surface area contributed by atoms with Gasteiger partial charge in [-0.15, -0.1) is 0 Å². The van der Waals surface area contributed by atoms with Crippen molar-refractivity contribution in [3.8, 4) is 0 Å². The summed E-state index contributed by atoms with van der Waals surface area (Å²) in [5.41, 5.74) is 0. The fourth-order valence-electron chi connectivity index (χ4n) is 20.0. The Balaban J connectivity index is 0.788. The summed E-state index contributed by atoms with van der Waals surface area (Å²) in [6.45, 7) is 0. The van der Waals surface area contributed by atoms with Gasteiger partial charge in [-0.25, -0.2) is 0 Å². The van der Waals surface area contributed by atoms with Crippen molar-refractivity contribution in [3.05, 3.63) is 243 Å². The van der Waals surface area contributed by atoms with Crippen LogP contribution >= 0.6 is 0 Å². The molecule has 0 aliphatic carbocycles. The molecule has 0 heteroatoms. The smallest absolute Gasteiger partial charge is 0.000697 e. The van der Waals surface area contributed by atoms with E-state index < -0.39 is 0 Å². The molecule has 0 atom stereocenters. The van der Waals surface area contributed by atoms with Gasteiger partial charge in [-0.05, 0) is 324 Å². The minimum absolute atomic E-state index is 1.28. The summed E-state index contributed by atoms with van der Waals surface area (Å²) in [5, 5.41) is 67.2. The molecule has 26 rings (SSSR count). The molecule has 26 aromatic carbocycles. The maximum Gasteiger partial charge on any atom is -0.000697 e. The first-order valence-corrected chi connectivity index (χ1v) is 32.0. The van der Waals surface area contributed by atoms with E-state index in [0.717, 1.165) is 0 Å². The molecule has 0 aliphatic heterocycles. The third-order valence-electron chi connectivity index (χ3n) is 23.4. The number of fused-ring (bicyclic) bond motifs is 18. The van der Waals surface area contributed by atoms with E-state index in [0.29, 0.717) is 0 Å².